The lowest BCUT2D eigenvalue weighted by atomic mass is 9.93. The molecule has 3 amide bonds. The standard InChI is InChI=1S/C29H43N7O2/c1-5-33(4)27(37)26-19-22(2)31-28(32-26)35-17-18-36(23(3)20-35)29(38)30-14-11-24-12-15-34(16-13-24)21-25-9-7-6-8-10-25/h6-10,19,23-24H,5,11-18,20-21H2,1-4H3,(H,30,38)/t23-/m1/s1. The zero-order valence-corrected chi connectivity index (χ0v) is 23.4. The van der Waals surface area contributed by atoms with Crippen molar-refractivity contribution in [3.8, 4) is 0 Å². The number of rotatable bonds is 8. The van der Waals surface area contributed by atoms with Gasteiger partial charge in [-0.1, -0.05) is 30.3 Å². The molecule has 0 radical (unpaired) electrons. The minimum Gasteiger partial charge on any atom is -0.341 e. The Balaban J connectivity index is 1.20. The Bertz CT molecular complexity index is 1070. The third-order valence-corrected chi connectivity index (χ3v) is 7.84. The van der Waals surface area contributed by atoms with Crippen LogP contribution < -0.4 is 10.2 Å². The summed E-state index contributed by atoms with van der Waals surface area (Å²) < 4.78 is 0. The first-order chi connectivity index (χ1) is 18.3. The summed E-state index contributed by atoms with van der Waals surface area (Å²) in [6.07, 6.45) is 3.40. The molecule has 0 aliphatic carbocycles. The lowest BCUT2D eigenvalue weighted by Crippen LogP contribution is -2.57. The highest BCUT2D eigenvalue weighted by molar-refractivity contribution is 5.92. The molecule has 0 spiro atoms. The van der Waals surface area contributed by atoms with Crippen molar-refractivity contribution < 1.29 is 9.59 Å². The second-order valence-corrected chi connectivity index (χ2v) is 10.7. The Hall–Kier alpha value is -3.20. The van der Waals surface area contributed by atoms with Crippen molar-refractivity contribution in [1.82, 2.24) is 30.0 Å². The van der Waals surface area contributed by atoms with Crippen LogP contribution >= 0.6 is 0 Å². The smallest absolute Gasteiger partial charge is 0.317 e. The molecule has 0 bridgehead atoms. The molecule has 1 N–H and O–H groups in total. The predicted molar refractivity (Wildman–Crippen MR) is 150 cm³/mol. The van der Waals surface area contributed by atoms with Crippen molar-refractivity contribution in [3.05, 3.63) is 53.3 Å². The molecule has 38 heavy (non-hydrogen) atoms. The van der Waals surface area contributed by atoms with E-state index in [1.54, 1.807) is 18.0 Å². The number of nitrogens with one attached hydrogen (secondary N) is 1. The van der Waals surface area contributed by atoms with E-state index in [0.29, 0.717) is 50.3 Å². The highest BCUT2D eigenvalue weighted by atomic mass is 16.2. The molecule has 206 valence electrons. The summed E-state index contributed by atoms with van der Waals surface area (Å²) in [4.78, 5) is 42.9. The number of likely N-dealkylation sites (tertiary alicyclic amines) is 1. The van der Waals surface area contributed by atoms with E-state index in [9.17, 15) is 9.59 Å². The number of carbonyl (C=O) groups is 2. The number of piperidine rings is 1. The highest BCUT2D eigenvalue weighted by Crippen LogP contribution is 2.22. The fraction of sp³-hybridized carbons (Fsp3) is 0.586. The number of hydrogen-bond acceptors (Lipinski definition) is 6. The number of hydrogen-bond donors (Lipinski definition) is 1. The predicted octanol–water partition coefficient (Wildman–Crippen LogP) is 3.40. The van der Waals surface area contributed by atoms with Gasteiger partial charge in [0, 0.05) is 58.1 Å². The second-order valence-electron chi connectivity index (χ2n) is 10.7. The van der Waals surface area contributed by atoms with Gasteiger partial charge in [-0.05, 0) is 70.7 Å². The maximum atomic E-state index is 13.0. The van der Waals surface area contributed by atoms with Gasteiger partial charge >= 0.3 is 6.03 Å². The van der Waals surface area contributed by atoms with Gasteiger partial charge in [0.25, 0.3) is 5.91 Å². The fourth-order valence-corrected chi connectivity index (χ4v) is 5.34. The Morgan fingerprint density at radius 2 is 1.82 bits per heavy atom. The summed E-state index contributed by atoms with van der Waals surface area (Å²) in [5.74, 6) is 1.12. The van der Waals surface area contributed by atoms with Crippen molar-refractivity contribution in [2.75, 3.05) is 57.8 Å². The first-order valence-corrected chi connectivity index (χ1v) is 14.0. The van der Waals surface area contributed by atoms with Crippen LogP contribution in [-0.2, 0) is 6.54 Å². The monoisotopic (exact) mass is 521 g/mol. The van der Waals surface area contributed by atoms with Gasteiger partial charge < -0.3 is 20.0 Å². The molecule has 2 aliphatic heterocycles. The van der Waals surface area contributed by atoms with Crippen molar-refractivity contribution >= 4 is 17.9 Å². The first-order valence-electron chi connectivity index (χ1n) is 14.0. The Morgan fingerprint density at radius 3 is 2.50 bits per heavy atom. The maximum Gasteiger partial charge on any atom is 0.317 e. The molecule has 4 rings (SSSR count). The SMILES string of the molecule is CCN(C)C(=O)c1cc(C)nc(N2CCN(C(=O)NCCC3CCN(Cc4ccccc4)CC3)[C@H](C)C2)n1. The van der Waals surface area contributed by atoms with Crippen LogP contribution in [0.2, 0.25) is 0 Å². The number of benzene rings is 1. The molecule has 2 saturated heterocycles. The van der Waals surface area contributed by atoms with Crippen molar-refractivity contribution in [2.24, 2.45) is 5.92 Å². The van der Waals surface area contributed by atoms with Gasteiger partial charge in [0.05, 0.1) is 0 Å². The van der Waals surface area contributed by atoms with E-state index in [2.05, 4.69) is 62.3 Å². The first kappa shape index (κ1) is 27.8. The van der Waals surface area contributed by atoms with Gasteiger partial charge in [-0.25, -0.2) is 14.8 Å². The molecule has 0 unspecified atom stereocenters. The quantitative estimate of drug-likeness (QED) is 0.573. The average molecular weight is 522 g/mol. The van der Waals surface area contributed by atoms with Gasteiger partial charge in [0.2, 0.25) is 5.95 Å². The van der Waals surface area contributed by atoms with Gasteiger partial charge in [0.15, 0.2) is 0 Å². The van der Waals surface area contributed by atoms with Crippen LogP contribution in [0.3, 0.4) is 0 Å². The summed E-state index contributed by atoms with van der Waals surface area (Å²) in [6.45, 7) is 12.3. The van der Waals surface area contributed by atoms with Crippen LogP contribution in [0.1, 0.15) is 54.9 Å². The molecule has 1 atom stereocenters. The molecule has 9 heteroatoms. The van der Waals surface area contributed by atoms with Gasteiger partial charge in [-0.2, -0.15) is 0 Å². The van der Waals surface area contributed by atoms with Crippen LogP contribution in [0.5, 0.6) is 0 Å². The van der Waals surface area contributed by atoms with E-state index < -0.39 is 0 Å². The van der Waals surface area contributed by atoms with Crippen molar-refractivity contribution in [1.29, 1.82) is 0 Å². The van der Waals surface area contributed by atoms with E-state index in [0.717, 1.165) is 31.7 Å². The number of anilines is 1. The van der Waals surface area contributed by atoms with Gasteiger partial charge in [-0.3, -0.25) is 9.69 Å². The topological polar surface area (TPSA) is 84.9 Å². The molecule has 2 aromatic rings. The molecule has 2 fully saturated rings. The summed E-state index contributed by atoms with van der Waals surface area (Å²) in [5, 5.41) is 3.16. The third kappa shape index (κ3) is 7.22. The summed E-state index contributed by atoms with van der Waals surface area (Å²) in [7, 11) is 1.77. The lowest BCUT2D eigenvalue weighted by molar-refractivity contribution is 0.0796. The minimum absolute atomic E-state index is 0.00395. The van der Waals surface area contributed by atoms with E-state index in [4.69, 9.17) is 0 Å². The number of nitrogens with zero attached hydrogens (tertiary/aromatic N) is 6. The number of aromatic nitrogens is 2. The average Bonchev–Trinajstić information content (AvgIpc) is 2.93. The molecule has 1 aromatic carbocycles. The number of amides is 3. The number of piperazine rings is 1. The van der Waals surface area contributed by atoms with E-state index in [1.165, 1.54) is 18.4 Å². The lowest BCUT2D eigenvalue weighted by Gasteiger charge is -2.40. The van der Waals surface area contributed by atoms with E-state index >= 15 is 0 Å². The zero-order valence-electron chi connectivity index (χ0n) is 23.4. The highest BCUT2D eigenvalue weighted by Gasteiger charge is 2.29. The molecule has 1 aromatic heterocycles. The third-order valence-electron chi connectivity index (χ3n) is 7.84. The van der Waals surface area contributed by atoms with E-state index in [-0.39, 0.29) is 18.0 Å². The Morgan fingerprint density at radius 1 is 1.08 bits per heavy atom. The molecule has 9 nitrogen and oxygen atoms in total. The minimum atomic E-state index is -0.104. The summed E-state index contributed by atoms with van der Waals surface area (Å²) in [5.41, 5.74) is 2.55. The maximum absolute atomic E-state index is 13.0. The van der Waals surface area contributed by atoms with E-state index in [1.807, 2.05) is 18.7 Å². The second kappa shape index (κ2) is 13.0. The van der Waals surface area contributed by atoms with Crippen LogP contribution in [0.25, 0.3) is 0 Å². The Kier molecular flexibility index (Phi) is 9.55. The molecule has 0 saturated carbocycles. The Labute approximate surface area is 227 Å². The summed E-state index contributed by atoms with van der Waals surface area (Å²) in [6, 6.07) is 12.4. The molecule has 2 aliphatic rings. The normalized spacial score (nSPS) is 18.9. The van der Waals surface area contributed by atoms with Gasteiger partial charge in [-0.15, -0.1) is 0 Å². The summed E-state index contributed by atoms with van der Waals surface area (Å²) >= 11 is 0. The largest absolute Gasteiger partial charge is 0.341 e. The van der Waals surface area contributed by atoms with Crippen molar-refractivity contribution in [2.45, 2.75) is 52.6 Å². The van der Waals surface area contributed by atoms with Crippen LogP contribution in [0.4, 0.5) is 10.7 Å². The van der Waals surface area contributed by atoms with Crippen molar-refractivity contribution in [3.63, 3.8) is 0 Å². The van der Waals surface area contributed by atoms with Gasteiger partial charge in [0.1, 0.15) is 5.69 Å². The zero-order chi connectivity index (χ0) is 27.1. The molecule has 3 heterocycles. The number of carbonyl (C=O) groups excluding carboxylic acids is 2. The van der Waals surface area contributed by atoms with Crippen LogP contribution in [0, 0.1) is 12.8 Å². The molecular formula is C29H43N7O2. The van der Waals surface area contributed by atoms with Crippen LogP contribution in [0.15, 0.2) is 36.4 Å². The number of aryl methyl sites for hydroxylation is 1. The molecular weight excluding hydrogens is 478 g/mol. The van der Waals surface area contributed by atoms with Crippen LogP contribution in [-0.4, -0.2) is 95.5 Å². The fourth-order valence-electron chi connectivity index (χ4n) is 5.34. The number of urea groups is 1.